The number of hydrogen-bond acceptors (Lipinski definition) is 4. The van der Waals surface area contributed by atoms with Crippen LogP contribution in [0.5, 0.6) is 0 Å². The van der Waals surface area contributed by atoms with Crippen molar-refractivity contribution in [1.29, 1.82) is 0 Å². The number of nitro benzene ring substituents is 1. The summed E-state index contributed by atoms with van der Waals surface area (Å²) in [4.78, 5) is 23.5. The summed E-state index contributed by atoms with van der Waals surface area (Å²) in [5.41, 5.74) is 0.961. The first kappa shape index (κ1) is 12.5. The molecule has 6 heteroatoms. The Morgan fingerprint density at radius 3 is 3.06 bits per heavy atom. The number of non-ortho nitro benzene ring substituents is 1. The van der Waals surface area contributed by atoms with E-state index in [2.05, 4.69) is 5.32 Å². The zero-order valence-electron chi connectivity index (χ0n) is 10.1. The molecule has 1 saturated heterocycles. The van der Waals surface area contributed by atoms with E-state index in [0.717, 1.165) is 5.56 Å². The van der Waals surface area contributed by atoms with Crippen LogP contribution in [0.3, 0.4) is 0 Å². The lowest BCUT2D eigenvalue weighted by Crippen LogP contribution is -2.53. The van der Waals surface area contributed by atoms with Crippen molar-refractivity contribution in [2.24, 2.45) is 0 Å². The van der Waals surface area contributed by atoms with Crippen molar-refractivity contribution in [2.45, 2.75) is 12.5 Å². The predicted molar refractivity (Wildman–Crippen MR) is 66.2 cm³/mol. The minimum atomic E-state index is -0.405. The first-order valence-corrected chi connectivity index (χ1v) is 5.77. The number of rotatable bonds is 3. The third-order valence-corrected chi connectivity index (χ3v) is 3.19. The highest BCUT2D eigenvalue weighted by Gasteiger charge is 2.24. The van der Waals surface area contributed by atoms with E-state index >= 15 is 0 Å². The van der Waals surface area contributed by atoms with Gasteiger partial charge in [0, 0.05) is 31.8 Å². The summed E-state index contributed by atoms with van der Waals surface area (Å²) < 4.78 is 0. The second-order valence-corrected chi connectivity index (χ2v) is 4.42. The SMILES string of the molecule is CN1C(=O)CNCC1Cc1cccc([N+](=O)[O-])c1. The number of nitrogens with one attached hydrogen (secondary N) is 1. The van der Waals surface area contributed by atoms with Crippen molar-refractivity contribution >= 4 is 11.6 Å². The van der Waals surface area contributed by atoms with Crippen molar-refractivity contribution < 1.29 is 9.72 Å². The van der Waals surface area contributed by atoms with Crippen LogP contribution >= 0.6 is 0 Å². The van der Waals surface area contributed by atoms with Crippen molar-refractivity contribution in [3.63, 3.8) is 0 Å². The molecule has 1 aromatic rings. The molecular weight excluding hydrogens is 234 g/mol. The number of hydrogen-bond donors (Lipinski definition) is 1. The molecule has 18 heavy (non-hydrogen) atoms. The largest absolute Gasteiger partial charge is 0.340 e. The van der Waals surface area contributed by atoms with Gasteiger partial charge >= 0.3 is 0 Å². The van der Waals surface area contributed by atoms with Gasteiger partial charge in [-0.05, 0) is 12.0 Å². The topological polar surface area (TPSA) is 75.5 Å². The van der Waals surface area contributed by atoms with E-state index in [1.807, 2.05) is 6.07 Å². The van der Waals surface area contributed by atoms with Gasteiger partial charge < -0.3 is 10.2 Å². The molecule has 1 aromatic carbocycles. The summed E-state index contributed by atoms with van der Waals surface area (Å²) in [6, 6.07) is 6.60. The summed E-state index contributed by atoms with van der Waals surface area (Å²) in [6.07, 6.45) is 0.622. The molecule has 2 rings (SSSR count). The first-order valence-electron chi connectivity index (χ1n) is 5.77. The Morgan fingerprint density at radius 2 is 2.33 bits per heavy atom. The van der Waals surface area contributed by atoms with Gasteiger partial charge in [-0.15, -0.1) is 0 Å². The molecule has 0 bridgehead atoms. The molecule has 1 amide bonds. The van der Waals surface area contributed by atoms with E-state index in [4.69, 9.17) is 0 Å². The van der Waals surface area contributed by atoms with Crippen LogP contribution in [0, 0.1) is 10.1 Å². The molecule has 1 fully saturated rings. The number of amides is 1. The standard InChI is InChI=1S/C12H15N3O3/c1-14-11(7-13-8-12(14)16)6-9-3-2-4-10(5-9)15(17)18/h2-5,11,13H,6-8H2,1H3. The smallest absolute Gasteiger partial charge is 0.269 e. The highest BCUT2D eigenvalue weighted by atomic mass is 16.6. The van der Waals surface area contributed by atoms with Crippen LogP contribution in [-0.4, -0.2) is 41.9 Å². The van der Waals surface area contributed by atoms with Gasteiger partial charge in [-0.3, -0.25) is 14.9 Å². The van der Waals surface area contributed by atoms with Gasteiger partial charge in [0.15, 0.2) is 0 Å². The Bertz CT molecular complexity index is 475. The van der Waals surface area contributed by atoms with Crippen LogP contribution in [0.1, 0.15) is 5.56 Å². The molecule has 1 unspecified atom stereocenters. The number of nitro groups is 1. The van der Waals surface area contributed by atoms with Gasteiger partial charge in [0.1, 0.15) is 0 Å². The Hall–Kier alpha value is -1.95. The second kappa shape index (κ2) is 5.14. The monoisotopic (exact) mass is 249 g/mol. The molecule has 1 heterocycles. The molecule has 1 atom stereocenters. The Kier molecular flexibility index (Phi) is 3.57. The minimum absolute atomic E-state index is 0.0493. The lowest BCUT2D eigenvalue weighted by atomic mass is 10.0. The van der Waals surface area contributed by atoms with Gasteiger partial charge in [0.2, 0.25) is 5.91 Å². The van der Waals surface area contributed by atoms with Crippen LogP contribution in [-0.2, 0) is 11.2 Å². The van der Waals surface area contributed by atoms with Crippen LogP contribution in [0.2, 0.25) is 0 Å². The quantitative estimate of drug-likeness (QED) is 0.627. The maximum absolute atomic E-state index is 11.5. The van der Waals surface area contributed by atoms with E-state index in [0.29, 0.717) is 19.5 Å². The number of benzene rings is 1. The molecule has 0 saturated carbocycles. The van der Waals surface area contributed by atoms with Gasteiger partial charge in [0.25, 0.3) is 5.69 Å². The Balaban J connectivity index is 2.11. The van der Waals surface area contributed by atoms with Crippen molar-refractivity contribution in [3.05, 3.63) is 39.9 Å². The second-order valence-electron chi connectivity index (χ2n) is 4.42. The molecule has 6 nitrogen and oxygen atoms in total. The van der Waals surface area contributed by atoms with Crippen LogP contribution < -0.4 is 5.32 Å². The Morgan fingerprint density at radius 1 is 1.56 bits per heavy atom. The van der Waals surface area contributed by atoms with Crippen molar-refractivity contribution in [3.8, 4) is 0 Å². The van der Waals surface area contributed by atoms with E-state index in [-0.39, 0.29) is 17.6 Å². The zero-order chi connectivity index (χ0) is 13.1. The fourth-order valence-electron chi connectivity index (χ4n) is 2.09. The average molecular weight is 249 g/mol. The number of carbonyl (C=O) groups is 1. The van der Waals surface area contributed by atoms with Crippen LogP contribution in [0.4, 0.5) is 5.69 Å². The minimum Gasteiger partial charge on any atom is -0.340 e. The number of piperazine rings is 1. The summed E-state index contributed by atoms with van der Waals surface area (Å²) in [5, 5.41) is 13.7. The molecule has 1 N–H and O–H groups in total. The van der Waals surface area contributed by atoms with Crippen LogP contribution in [0.25, 0.3) is 0 Å². The average Bonchev–Trinajstić information content (AvgIpc) is 2.35. The lowest BCUT2D eigenvalue weighted by Gasteiger charge is -2.33. The van der Waals surface area contributed by atoms with Crippen LogP contribution in [0.15, 0.2) is 24.3 Å². The first-order chi connectivity index (χ1) is 8.58. The third kappa shape index (κ3) is 2.65. The normalized spacial score (nSPS) is 19.9. The third-order valence-electron chi connectivity index (χ3n) is 3.19. The van der Waals surface area contributed by atoms with Gasteiger partial charge in [-0.25, -0.2) is 0 Å². The maximum atomic E-state index is 11.5. The van der Waals surface area contributed by atoms with E-state index in [1.165, 1.54) is 6.07 Å². The maximum Gasteiger partial charge on any atom is 0.269 e. The van der Waals surface area contributed by atoms with Crippen molar-refractivity contribution in [2.75, 3.05) is 20.1 Å². The van der Waals surface area contributed by atoms with Gasteiger partial charge in [-0.2, -0.15) is 0 Å². The molecule has 0 radical (unpaired) electrons. The zero-order valence-corrected chi connectivity index (χ0v) is 10.1. The highest BCUT2D eigenvalue weighted by Crippen LogP contribution is 2.16. The fourth-order valence-corrected chi connectivity index (χ4v) is 2.09. The molecular formula is C12H15N3O3. The highest BCUT2D eigenvalue weighted by molar-refractivity contribution is 5.79. The summed E-state index contributed by atoms with van der Waals surface area (Å²) in [7, 11) is 1.77. The molecule has 0 aliphatic carbocycles. The van der Waals surface area contributed by atoms with Gasteiger partial charge in [0.05, 0.1) is 11.5 Å². The molecule has 0 aromatic heterocycles. The molecule has 1 aliphatic heterocycles. The predicted octanol–water partition coefficient (Wildman–Crippen LogP) is 0.568. The Labute approximate surface area is 105 Å². The van der Waals surface area contributed by atoms with Gasteiger partial charge in [-0.1, -0.05) is 12.1 Å². The van der Waals surface area contributed by atoms with Crippen molar-refractivity contribution in [1.82, 2.24) is 10.2 Å². The molecule has 96 valence electrons. The fraction of sp³-hybridized carbons (Fsp3) is 0.417. The van der Waals surface area contributed by atoms with E-state index in [1.54, 1.807) is 24.1 Å². The number of likely N-dealkylation sites (N-methyl/N-ethyl adjacent to an activating group) is 1. The summed E-state index contributed by atoms with van der Waals surface area (Å²) >= 11 is 0. The summed E-state index contributed by atoms with van der Waals surface area (Å²) in [6.45, 7) is 1.08. The lowest BCUT2D eigenvalue weighted by molar-refractivity contribution is -0.384. The number of carbonyl (C=O) groups excluding carboxylic acids is 1. The molecule has 0 spiro atoms. The van der Waals surface area contributed by atoms with E-state index in [9.17, 15) is 14.9 Å². The molecule has 1 aliphatic rings. The summed E-state index contributed by atoms with van der Waals surface area (Å²) in [5.74, 6) is 0.0525. The van der Waals surface area contributed by atoms with E-state index < -0.39 is 4.92 Å². The number of nitrogens with zero attached hydrogens (tertiary/aromatic N) is 2.